The first-order chi connectivity index (χ1) is 9.15. The normalized spacial score (nSPS) is 10.7. The highest BCUT2D eigenvalue weighted by Gasteiger charge is 2.11. The van der Waals surface area contributed by atoms with Crippen molar-refractivity contribution < 1.29 is 9.18 Å². The number of ketones is 1. The standard InChI is InChI=1S/C16H22BrFO/c1-2-3-4-5-6-7-8-9-16(19)14-12-13(17)10-11-15(14)18/h10-12H,2-9H2,1H3. The summed E-state index contributed by atoms with van der Waals surface area (Å²) in [5.74, 6) is -0.511. The van der Waals surface area contributed by atoms with Gasteiger partial charge in [0.05, 0.1) is 5.56 Å². The summed E-state index contributed by atoms with van der Waals surface area (Å²) in [5.41, 5.74) is 0.209. The van der Waals surface area contributed by atoms with Gasteiger partial charge < -0.3 is 0 Å². The van der Waals surface area contributed by atoms with E-state index in [9.17, 15) is 9.18 Å². The van der Waals surface area contributed by atoms with E-state index in [4.69, 9.17) is 0 Å². The van der Waals surface area contributed by atoms with Gasteiger partial charge in [-0.3, -0.25) is 4.79 Å². The average molecular weight is 329 g/mol. The average Bonchev–Trinajstić information content (AvgIpc) is 2.40. The van der Waals surface area contributed by atoms with Gasteiger partial charge in [-0.1, -0.05) is 61.4 Å². The Morgan fingerprint density at radius 1 is 1.11 bits per heavy atom. The molecule has 0 atom stereocenters. The summed E-state index contributed by atoms with van der Waals surface area (Å²) in [6.07, 6.45) is 8.61. The van der Waals surface area contributed by atoms with Crippen molar-refractivity contribution in [2.45, 2.75) is 58.3 Å². The number of Topliss-reactive ketones (excluding diaryl/α,β-unsaturated/α-hetero) is 1. The van der Waals surface area contributed by atoms with Crippen LogP contribution in [0.3, 0.4) is 0 Å². The summed E-state index contributed by atoms with van der Waals surface area (Å²) in [6.45, 7) is 2.20. The van der Waals surface area contributed by atoms with Crippen molar-refractivity contribution in [2.24, 2.45) is 0 Å². The predicted molar refractivity (Wildman–Crippen MR) is 81.0 cm³/mol. The Kier molecular flexibility index (Phi) is 7.96. The molecule has 0 aliphatic rings. The molecule has 1 rings (SSSR count). The van der Waals surface area contributed by atoms with Gasteiger partial charge in [0.2, 0.25) is 0 Å². The Hall–Kier alpha value is -0.700. The molecule has 3 heteroatoms. The van der Waals surface area contributed by atoms with E-state index in [1.165, 1.54) is 38.2 Å². The van der Waals surface area contributed by atoms with E-state index in [-0.39, 0.29) is 11.3 Å². The second-order valence-electron chi connectivity index (χ2n) is 4.92. The zero-order valence-electron chi connectivity index (χ0n) is 11.6. The lowest BCUT2D eigenvalue weighted by Crippen LogP contribution is -2.02. The number of carbonyl (C=O) groups is 1. The van der Waals surface area contributed by atoms with Gasteiger partial charge in [-0.15, -0.1) is 0 Å². The molecule has 0 radical (unpaired) electrons. The van der Waals surface area contributed by atoms with Crippen LogP contribution in [0.25, 0.3) is 0 Å². The molecule has 0 saturated carbocycles. The monoisotopic (exact) mass is 328 g/mol. The topological polar surface area (TPSA) is 17.1 Å². The van der Waals surface area contributed by atoms with Crippen LogP contribution in [0.4, 0.5) is 4.39 Å². The Labute approximate surface area is 123 Å². The Morgan fingerprint density at radius 3 is 2.42 bits per heavy atom. The van der Waals surface area contributed by atoms with Gasteiger partial charge in [-0.05, 0) is 24.6 Å². The number of hydrogen-bond donors (Lipinski definition) is 0. The van der Waals surface area contributed by atoms with Crippen LogP contribution in [0.1, 0.15) is 68.6 Å². The molecule has 0 amide bonds. The van der Waals surface area contributed by atoms with Gasteiger partial charge in [0.25, 0.3) is 0 Å². The Bertz CT molecular complexity index is 404. The van der Waals surface area contributed by atoms with Crippen molar-refractivity contribution in [3.63, 3.8) is 0 Å². The molecule has 0 aliphatic heterocycles. The third kappa shape index (κ3) is 6.33. The first-order valence-electron chi connectivity index (χ1n) is 7.13. The summed E-state index contributed by atoms with van der Waals surface area (Å²) in [6, 6.07) is 4.51. The van der Waals surface area contributed by atoms with Gasteiger partial charge in [0.15, 0.2) is 5.78 Å². The van der Waals surface area contributed by atoms with Gasteiger partial charge in [-0.25, -0.2) is 4.39 Å². The molecule has 0 aromatic heterocycles. The van der Waals surface area contributed by atoms with Gasteiger partial charge in [0.1, 0.15) is 5.82 Å². The van der Waals surface area contributed by atoms with Crippen LogP contribution in [0.2, 0.25) is 0 Å². The SMILES string of the molecule is CCCCCCCCCC(=O)c1cc(Br)ccc1F. The fraction of sp³-hybridized carbons (Fsp3) is 0.562. The molecule has 0 N–H and O–H groups in total. The van der Waals surface area contributed by atoms with Gasteiger partial charge in [0, 0.05) is 10.9 Å². The molecular weight excluding hydrogens is 307 g/mol. The molecule has 1 aromatic rings. The van der Waals surface area contributed by atoms with Gasteiger partial charge in [-0.2, -0.15) is 0 Å². The molecule has 0 bridgehead atoms. The summed E-state index contributed by atoms with van der Waals surface area (Å²) in [5, 5.41) is 0. The predicted octanol–water partition coefficient (Wildman–Crippen LogP) is 5.91. The highest BCUT2D eigenvalue weighted by atomic mass is 79.9. The lowest BCUT2D eigenvalue weighted by Gasteiger charge is -2.04. The summed E-state index contributed by atoms with van der Waals surface area (Å²) in [4.78, 5) is 11.9. The number of rotatable bonds is 9. The molecule has 106 valence electrons. The van der Waals surface area contributed by atoms with Crippen LogP contribution in [0.5, 0.6) is 0 Å². The molecule has 0 fully saturated rings. The van der Waals surface area contributed by atoms with E-state index in [2.05, 4.69) is 22.9 Å². The zero-order valence-corrected chi connectivity index (χ0v) is 13.1. The molecule has 0 heterocycles. The Morgan fingerprint density at radius 2 is 1.74 bits per heavy atom. The summed E-state index contributed by atoms with van der Waals surface area (Å²) >= 11 is 3.26. The molecule has 0 aliphatic carbocycles. The molecule has 0 unspecified atom stereocenters. The maximum atomic E-state index is 13.5. The lowest BCUT2D eigenvalue weighted by atomic mass is 10.0. The second kappa shape index (κ2) is 9.24. The van der Waals surface area contributed by atoms with E-state index >= 15 is 0 Å². The highest BCUT2D eigenvalue weighted by Crippen LogP contribution is 2.18. The first kappa shape index (κ1) is 16.4. The maximum absolute atomic E-state index is 13.5. The van der Waals surface area contributed by atoms with Gasteiger partial charge >= 0.3 is 0 Å². The lowest BCUT2D eigenvalue weighted by molar-refractivity contribution is 0.0975. The highest BCUT2D eigenvalue weighted by molar-refractivity contribution is 9.10. The van der Waals surface area contributed by atoms with Crippen LogP contribution >= 0.6 is 15.9 Å². The largest absolute Gasteiger partial charge is 0.294 e. The zero-order chi connectivity index (χ0) is 14.1. The number of unbranched alkanes of at least 4 members (excludes halogenated alkanes) is 6. The summed E-state index contributed by atoms with van der Waals surface area (Å²) in [7, 11) is 0. The third-order valence-corrected chi connectivity index (χ3v) is 3.73. The Balaban J connectivity index is 2.26. The van der Waals surface area contributed by atoms with Crippen LogP contribution in [-0.2, 0) is 0 Å². The van der Waals surface area contributed by atoms with E-state index in [1.54, 1.807) is 12.1 Å². The van der Waals surface area contributed by atoms with Crippen LogP contribution in [0.15, 0.2) is 22.7 Å². The van der Waals surface area contributed by atoms with Crippen molar-refractivity contribution in [1.29, 1.82) is 0 Å². The molecular formula is C16H22BrFO. The van der Waals surface area contributed by atoms with Crippen LogP contribution < -0.4 is 0 Å². The molecule has 19 heavy (non-hydrogen) atoms. The van der Waals surface area contributed by atoms with Crippen LogP contribution in [0, 0.1) is 5.82 Å². The third-order valence-electron chi connectivity index (χ3n) is 3.24. The quantitative estimate of drug-likeness (QED) is 0.406. The maximum Gasteiger partial charge on any atom is 0.165 e. The number of hydrogen-bond acceptors (Lipinski definition) is 1. The van der Waals surface area contributed by atoms with Crippen molar-refractivity contribution >= 4 is 21.7 Å². The van der Waals surface area contributed by atoms with E-state index < -0.39 is 5.82 Å². The van der Waals surface area contributed by atoms with Crippen molar-refractivity contribution in [1.82, 2.24) is 0 Å². The van der Waals surface area contributed by atoms with Crippen molar-refractivity contribution in [3.05, 3.63) is 34.1 Å². The van der Waals surface area contributed by atoms with Crippen LogP contribution in [-0.4, -0.2) is 5.78 Å². The molecule has 1 nitrogen and oxygen atoms in total. The minimum Gasteiger partial charge on any atom is -0.294 e. The summed E-state index contributed by atoms with van der Waals surface area (Å²) < 4.78 is 14.2. The molecule has 0 saturated heterocycles. The fourth-order valence-electron chi connectivity index (χ4n) is 2.09. The minimum atomic E-state index is -0.420. The number of benzene rings is 1. The smallest absolute Gasteiger partial charge is 0.165 e. The van der Waals surface area contributed by atoms with E-state index in [1.807, 2.05) is 0 Å². The number of halogens is 2. The van der Waals surface area contributed by atoms with E-state index in [0.717, 1.165) is 17.3 Å². The van der Waals surface area contributed by atoms with E-state index in [0.29, 0.717) is 6.42 Å². The first-order valence-corrected chi connectivity index (χ1v) is 7.92. The number of carbonyl (C=O) groups excluding carboxylic acids is 1. The van der Waals surface area contributed by atoms with Crippen molar-refractivity contribution in [3.8, 4) is 0 Å². The fourth-order valence-corrected chi connectivity index (χ4v) is 2.45. The van der Waals surface area contributed by atoms with Crippen molar-refractivity contribution in [2.75, 3.05) is 0 Å². The second-order valence-corrected chi connectivity index (χ2v) is 5.83. The molecule has 1 aromatic carbocycles. The molecule has 0 spiro atoms. The minimum absolute atomic E-state index is 0.0904.